The van der Waals surface area contributed by atoms with E-state index in [9.17, 15) is 0 Å². The minimum absolute atomic E-state index is 0.148. The van der Waals surface area contributed by atoms with E-state index in [-0.39, 0.29) is 5.95 Å². The van der Waals surface area contributed by atoms with Crippen LogP contribution in [0, 0.1) is 6.92 Å². The van der Waals surface area contributed by atoms with E-state index in [1.54, 1.807) is 0 Å². The fraction of sp³-hybridized carbons (Fsp3) is 0.105. The molecule has 2 aromatic heterocycles. The Balaban J connectivity index is 1.46. The van der Waals surface area contributed by atoms with Gasteiger partial charge in [-0.1, -0.05) is 48.2 Å². The smallest absolute Gasteiger partial charge is 0.277 e. The zero-order valence-corrected chi connectivity index (χ0v) is 15.8. The van der Waals surface area contributed by atoms with E-state index in [4.69, 9.17) is 10.2 Å². The van der Waals surface area contributed by atoms with Gasteiger partial charge in [-0.05, 0) is 30.7 Å². The molecule has 0 atom stereocenters. The summed E-state index contributed by atoms with van der Waals surface area (Å²) in [6, 6.07) is 17.5. The van der Waals surface area contributed by atoms with Gasteiger partial charge in [0.25, 0.3) is 5.22 Å². The third-order valence-electron chi connectivity index (χ3n) is 3.84. The molecule has 0 aliphatic carbocycles. The highest BCUT2D eigenvalue weighted by molar-refractivity contribution is 7.98. The van der Waals surface area contributed by atoms with E-state index in [0.717, 1.165) is 16.8 Å². The van der Waals surface area contributed by atoms with Crippen LogP contribution in [-0.2, 0) is 5.75 Å². The number of nitrogen functional groups attached to an aromatic ring is 1. The lowest BCUT2D eigenvalue weighted by Crippen LogP contribution is -2.06. The van der Waals surface area contributed by atoms with Crippen LogP contribution in [0.15, 0.2) is 64.2 Å². The van der Waals surface area contributed by atoms with Crippen molar-refractivity contribution in [3.8, 4) is 11.5 Å². The molecule has 4 rings (SSSR count). The first kappa shape index (κ1) is 17.9. The summed E-state index contributed by atoms with van der Waals surface area (Å²) in [5.41, 5.74) is 8.67. The molecule has 3 N–H and O–H groups in total. The van der Waals surface area contributed by atoms with Crippen LogP contribution < -0.4 is 11.1 Å². The molecule has 4 aromatic rings. The van der Waals surface area contributed by atoms with E-state index in [0.29, 0.717) is 28.6 Å². The van der Waals surface area contributed by atoms with Crippen LogP contribution in [0.3, 0.4) is 0 Å². The topological polar surface area (TPSA) is 116 Å². The Labute approximate surface area is 165 Å². The third kappa shape index (κ3) is 4.26. The van der Waals surface area contributed by atoms with Gasteiger partial charge in [-0.3, -0.25) is 0 Å². The number of aryl methyl sites for hydroxylation is 1. The molecule has 0 unspecified atom stereocenters. The van der Waals surface area contributed by atoms with Gasteiger partial charge >= 0.3 is 0 Å². The van der Waals surface area contributed by atoms with Crippen molar-refractivity contribution < 1.29 is 4.42 Å². The van der Waals surface area contributed by atoms with Gasteiger partial charge in [0.15, 0.2) is 0 Å². The quantitative estimate of drug-likeness (QED) is 0.473. The van der Waals surface area contributed by atoms with Gasteiger partial charge in [0.05, 0.1) is 5.75 Å². The predicted molar refractivity (Wildman–Crippen MR) is 108 cm³/mol. The second-order valence-corrected chi connectivity index (χ2v) is 6.83. The number of rotatable bonds is 6. The summed E-state index contributed by atoms with van der Waals surface area (Å²) in [4.78, 5) is 12.7. The molecule has 2 heterocycles. The van der Waals surface area contributed by atoms with E-state index in [2.05, 4.69) is 30.5 Å². The van der Waals surface area contributed by atoms with Gasteiger partial charge in [-0.2, -0.15) is 15.0 Å². The largest absolute Gasteiger partial charge is 0.411 e. The van der Waals surface area contributed by atoms with Crippen molar-refractivity contribution >= 4 is 29.3 Å². The Morgan fingerprint density at radius 1 is 0.964 bits per heavy atom. The zero-order chi connectivity index (χ0) is 19.3. The van der Waals surface area contributed by atoms with E-state index >= 15 is 0 Å². The molecule has 0 spiro atoms. The third-order valence-corrected chi connectivity index (χ3v) is 4.65. The number of nitrogens with two attached hydrogens (primary N) is 1. The summed E-state index contributed by atoms with van der Waals surface area (Å²) in [7, 11) is 0. The van der Waals surface area contributed by atoms with Crippen molar-refractivity contribution in [2.24, 2.45) is 0 Å². The standard InChI is InChI=1S/C19H17N7OS/c1-12-7-5-6-10-14(12)16-25-26-19(27-16)28-11-15-22-17(20)24-18(23-15)21-13-8-3-2-4-9-13/h2-10H,11H2,1H3,(H3,20,21,22,23,24). The Morgan fingerprint density at radius 3 is 2.57 bits per heavy atom. The average molecular weight is 391 g/mol. The Morgan fingerprint density at radius 2 is 1.75 bits per heavy atom. The molecule has 0 aliphatic rings. The van der Waals surface area contributed by atoms with Crippen molar-refractivity contribution in [3.63, 3.8) is 0 Å². The lowest BCUT2D eigenvalue weighted by Gasteiger charge is -2.06. The van der Waals surface area contributed by atoms with Gasteiger partial charge in [0.2, 0.25) is 17.8 Å². The van der Waals surface area contributed by atoms with Crippen LogP contribution >= 0.6 is 11.8 Å². The molecular weight excluding hydrogens is 374 g/mol. The highest BCUT2D eigenvalue weighted by atomic mass is 32.2. The van der Waals surface area contributed by atoms with Crippen LogP contribution in [-0.4, -0.2) is 25.1 Å². The number of para-hydroxylation sites is 1. The molecule has 0 amide bonds. The van der Waals surface area contributed by atoms with Crippen molar-refractivity contribution in [1.82, 2.24) is 25.1 Å². The van der Waals surface area contributed by atoms with E-state index in [1.807, 2.05) is 61.5 Å². The maximum absolute atomic E-state index is 5.82. The summed E-state index contributed by atoms with van der Waals surface area (Å²) in [6.45, 7) is 2.00. The zero-order valence-electron chi connectivity index (χ0n) is 15.0. The first-order valence-corrected chi connectivity index (χ1v) is 9.51. The lowest BCUT2D eigenvalue weighted by molar-refractivity contribution is 0.465. The maximum Gasteiger partial charge on any atom is 0.277 e. The average Bonchev–Trinajstić information content (AvgIpc) is 3.16. The van der Waals surface area contributed by atoms with Crippen molar-refractivity contribution in [1.29, 1.82) is 0 Å². The molecule has 0 saturated heterocycles. The first-order chi connectivity index (χ1) is 13.7. The SMILES string of the molecule is Cc1ccccc1-c1nnc(SCc2nc(N)nc(Nc3ccccc3)n2)o1. The van der Waals surface area contributed by atoms with Gasteiger partial charge < -0.3 is 15.5 Å². The first-order valence-electron chi connectivity index (χ1n) is 8.52. The monoisotopic (exact) mass is 391 g/mol. The molecule has 2 aromatic carbocycles. The van der Waals surface area contributed by atoms with Crippen LogP contribution in [0.5, 0.6) is 0 Å². The molecule has 140 valence electrons. The van der Waals surface area contributed by atoms with E-state index < -0.39 is 0 Å². The molecule has 0 aliphatic heterocycles. The number of anilines is 3. The highest BCUT2D eigenvalue weighted by Crippen LogP contribution is 2.27. The Hall–Kier alpha value is -3.46. The van der Waals surface area contributed by atoms with Crippen molar-refractivity contribution in [2.45, 2.75) is 17.9 Å². The van der Waals surface area contributed by atoms with Gasteiger partial charge in [0, 0.05) is 11.3 Å². The Bertz CT molecular complexity index is 1080. The number of nitrogens with zero attached hydrogens (tertiary/aromatic N) is 5. The minimum atomic E-state index is 0.148. The number of hydrogen-bond acceptors (Lipinski definition) is 9. The van der Waals surface area contributed by atoms with Crippen LogP contribution in [0.2, 0.25) is 0 Å². The summed E-state index contributed by atoms with van der Waals surface area (Å²) in [6.07, 6.45) is 0. The minimum Gasteiger partial charge on any atom is -0.411 e. The second-order valence-electron chi connectivity index (χ2n) is 5.90. The van der Waals surface area contributed by atoms with Crippen molar-refractivity contribution in [3.05, 3.63) is 66.0 Å². The lowest BCUT2D eigenvalue weighted by atomic mass is 10.1. The molecule has 8 nitrogen and oxygen atoms in total. The summed E-state index contributed by atoms with van der Waals surface area (Å²) < 4.78 is 5.75. The number of thioether (sulfide) groups is 1. The fourth-order valence-corrected chi connectivity index (χ4v) is 3.14. The number of benzene rings is 2. The molecule has 0 bridgehead atoms. The molecule has 9 heteroatoms. The van der Waals surface area contributed by atoms with Crippen LogP contribution in [0.25, 0.3) is 11.5 Å². The summed E-state index contributed by atoms with van der Waals surface area (Å²) in [5, 5.41) is 11.8. The molecule has 0 radical (unpaired) electrons. The molecule has 0 saturated carbocycles. The summed E-state index contributed by atoms with van der Waals surface area (Å²) >= 11 is 1.34. The number of nitrogens with one attached hydrogen (secondary N) is 1. The molecule has 0 fully saturated rings. The maximum atomic E-state index is 5.82. The van der Waals surface area contributed by atoms with Crippen LogP contribution in [0.1, 0.15) is 11.4 Å². The van der Waals surface area contributed by atoms with Crippen molar-refractivity contribution in [2.75, 3.05) is 11.1 Å². The summed E-state index contributed by atoms with van der Waals surface area (Å²) in [5.74, 6) is 1.97. The van der Waals surface area contributed by atoms with Gasteiger partial charge in [-0.25, -0.2) is 0 Å². The fourth-order valence-electron chi connectivity index (χ4n) is 2.53. The second kappa shape index (κ2) is 8.05. The number of aromatic nitrogens is 5. The Kier molecular flexibility index (Phi) is 5.16. The van der Waals surface area contributed by atoms with Gasteiger partial charge in [-0.15, -0.1) is 10.2 Å². The molecule has 28 heavy (non-hydrogen) atoms. The normalized spacial score (nSPS) is 10.8. The van der Waals surface area contributed by atoms with Gasteiger partial charge in [0.1, 0.15) is 5.82 Å². The predicted octanol–water partition coefficient (Wildman–Crippen LogP) is 3.85. The van der Waals surface area contributed by atoms with Crippen LogP contribution in [0.4, 0.5) is 17.6 Å². The number of hydrogen-bond donors (Lipinski definition) is 2. The van der Waals surface area contributed by atoms with E-state index in [1.165, 1.54) is 11.8 Å². The highest BCUT2D eigenvalue weighted by Gasteiger charge is 2.12. The molecular formula is C19H17N7OS.